The third-order valence-electron chi connectivity index (χ3n) is 7.73. The number of aryl methyl sites for hydroxylation is 1. The van der Waals surface area contributed by atoms with E-state index in [1.807, 2.05) is 37.3 Å². The average molecular weight is 621 g/mol. The summed E-state index contributed by atoms with van der Waals surface area (Å²) in [5, 5.41) is 18.1. The van der Waals surface area contributed by atoms with Gasteiger partial charge in [0.05, 0.1) is 29.4 Å². The fraction of sp³-hybridized carbons (Fsp3) is 0.229. The summed E-state index contributed by atoms with van der Waals surface area (Å²) >= 11 is 0. The number of aliphatic carboxylic acids is 1. The van der Waals surface area contributed by atoms with Crippen molar-refractivity contribution in [2.75, 3.05) is 41.7 Å². The van der Waals surface area contributed by atoms with Gasteiger partial charge in [0.1, 0.15) is 0 Å². The molecule has 4 amide bonds. The summed E-state index contributed by atoms with van der Waals surface area (Å²) in [6, 6.07) is 23.6. The quantitative estimate of drug-likeness (QED) is 0.198. The third-order valence-corrected chi connectivity index (χ3v) is 7.73. The Morgan fingerprint density at radius 2 is 1.63 bits per heavy atom. The van der Waals surface area contributed by atoms with Crippen molar-refractivity contribution in [1.82, 2.24) is 15.2 Å². The molecule has 236 valence electrons. The Kier molecular flexibility index (Phi) is 10.2. The average Bonchev–Trinajstić information content (AvgIpc) is 3.31. The second-order valence-electron chi connectivity index (χ2n) is 11.1. The van der Waals surface area contributed by atoms with Gasteiger partial charge in [0.25, 0.3) is 11.8 Å². The predicted octanol–water partition coefficient (Wildman–Crippen LogP) is 5.33. The smallest absolute Gasteiger partial charge is 0.323 e. The molecular weight excluding hydrogens is 584 g/mol. The first kappa shape index (κ1) is 31.7. The van der Waals surface area contributed by atoms with Gasteiger partial charge >= 0.3 is 12.0 Å². The SMILES string of the molecule is Cc1ccc(C(CC(=O)O)NC(=O)c2ccc(N3CCCN(C(=O)c4cccnc4)CC3)c(NC(=O)Nc3ccccc3)c2)cc1. The zero-order valence-corrected chi connectivity index (χ0v) is 25.5. The first-order chi connectivity index (χ1) is 22.3. The van der Waals surface area contributed by atoms with E-state index < -0.39 is 23.9 Å². The molecule has 2 heterocycles. The minimum Gasteiger partial charge on any atom is -0.481 e. The Morgan fingerprint density at radius 1 is 0.848 bits per heavy atom. The zero-order valence-electron chi connectivity index (χ0n) is 25.5. The summed E-state index contributed by atoms with van der Waals surface area (Å²) in [6.45, 7) is 4.07. The van der Waals surface area contributed by atoms with Gasteiger partial charge in [-0.2, -0.15) is 0 Å². The van der Waals surface area contributed by atoms with Crippen molar-refractivity contribution in [2.24, 2.45) is 0 Å². The summed E-state index contributed by atoms with van der Waals surface area (Å²) < 4.78 is 0. The van der Waals surface area contributed by atoms with Crippen molar-refractivity contribution in [3.63, 3.8) is 0 Å². The third kappa shape index (κ3) is 8.26. The predicted molar refractivity (Wildman–Crippen MR) is 176 cm³/mol. The lowest BCUT2D eigenvalue weighted by Gasteiger charge is -2.27. The number of pyridine rings is 1. The van der Waals surface area contributed by atoms with Crippen LogP contribution >= 0.6 is 0 Å². The highest BCUT2D eigenvalue weighted by Gasteiger charge is 2.24. The Hall–Kier alpha value is -5.71. The first-order valence-corrected chi connectivity index (χ1v) is 15.1. The van der Waals surface area contributed by atoms with Gasteiger partial charge in [-0.25, -0.2) is 4.79 Å². The van der Waals surface area contributed by atoms with Crippen LogP contribution in [0.25, 0.3) is 0 Å². The van der Waals surface area contributed by atoms with Crippen LogP contribution in [0.2, 0.25) is 0 Å². The monoisotopic (exact) mass is 620 g/mol. The summed E-state index contributed by atoms with van der Waals surface area (Å²) in [6.07, 6.45) is 3.58. The van der Waals surface area contributed by atoms with Crippen LogP contribution in [0.3, 0.4) is 0 Å². The molecule has 46 heavy (non-hydrogen) atoms. The van der Waals surface area contributed by atoms with E-state index in [9.17, 15) is 24.3 Å². The standard InChI is InChI=1S/C35H36N6O5/c1-24-10-12-25(13-11-24)29(22-32(42)43)38-33(44)26-14-15-31(30(21-26)39-35(46)37-28-8-3-2-4-9-28)40-17-6-18-41(20-19-40)34(45)27-7-5-16-36-23-27/h2-5,7-16,21,23,29H,6,17-20,22H2,1H3,(H,38,44)(H,42,43)(H2,37,39,46). The number of carbonyl (C=O) groups is 4. The number of hydrogen-bond donors (Lipinski definition) is 4. The van der Waals surface area contributed by atoms with Crippen molar-refractivity contribution < 1.29 is 24.3 Å². The van der Waals surface area contributed by atoms with Gasteiger partial charge in [-0.3, -0.25) is 19.4 Å². The second-order valence-corrected chi connectivity index (χ2v) is 11.1. The lowest BCUT2D eigenvalue weighted by atomic mass is 10.0. The van der Waals surface area contributed by atoms with Gasteiger partial charge in [-0.15, -0.1) is 0 Å². The number of rotatable bonds is 9. The number of nitrogens with zero attached hydrogens (tertiary/aromatic N) is 3. The van der Waals surface area contributed by atoms with Crippen molar-refractivity contribution in [3.8, 4) is 0 Å². The highest BCUT2D eigenvalue weighted by Crippen LogP contribution is 2.30. The number of carboxylic acid groups (broad SMARTS) is 1. The Labute approximate surface area is 267 Å². The number of hydrogen-bond acceptors (Lipinski definition) is 6. The van der Waals surface area contributed by atoms with Crippen LogP contribution in [0.1, 0.15) is 50.7 Å². The normalized spacial score (nSPS) is 13.7. The van der Waals surface area contributed by atoms with Crippen LogP contribution < -0.4 is 20.9 Å². The molecule has 0 radical (unpaired) electrons. The maximum Gasteiger partial charge on any atom is 0.323 e. The van der Waals surface area contributed by atoms with Gasteiger partial charge in [-0.1, -0.05) is 48.0 Å². The summed E-state index contributed by atoms with van der Waals surface area (Å²) in [5.41, 5.74) is 4.16. The van der Waals surface area contributed by atoms with Gasteiger partial charge in [-0.05, 0) is 61.4 Å². The largest absolute Gasteiger partial charge is 0.481 e. The Bertz CT molecular complexity index is 1680. The molecule has 1 aromatic heterocycles. The van der Waals surface area contributed by atoms with Crippen molar-refractivity contribution in [2.45, 2.75) is 25.8 Å². The molecule has 1 atom stereocenters. The molecule has 1 fully saturated rings. The van der Waals surface area contributed by atoms with Crippen LogP contribution in [0.15, 0.2) is 97.3 Å². The molecule has 0 spiro atoms. The minimum absolute atomic E-state index is 0.0907. The summed E-state index contributed by atoms with van der Waals surface area (Å²) in [5.74, 6) is -1.61. The van der Waals surface area contributed by atoms with Crippen LogP contribution in [-0.2, 0) is 4.79 Å². The maximum absolute atomic E-state index is 13.5. The number of urea groups is 1. The van der Waals surface area contributed by atoms with E-state index in [-0.39, 0.29) is 17.9 Å². The molecule has 4 aromatic rings. The number of benzene rings is 3. The van der Waals surface area contributed by atoms with Crippen LogP contribution in [0.5, 0.6) is 0 Å². The van der Waals surface area contributed by atoms with Crippen LogP contribution in [0.4, 0.5) is 21.9 Å². The van der Waals surface area contributed by atoms with Gasteiger partial charge < -0.3 is 30.9 Å². The minimum atomic E-state index is -1.04. The molecule has 5 rings (SSSR count). The molecule has 1 unspecified atom stereocenters. The molecular formula is C35H36N6O5. The van der Waals surface area contributed by atoms with Crippen molar-refractivity contribution in [1.29, 1.82) is 0 Å². The van der Waals surface area contributed by atoms with Crippen molar-refractivity contribution >= 4 is 40.9 Å². The lowest BCUT2D eigenvalue weighted by molar-refractivity contribution is -0.137. The van der Waals surface area contributed by atoms with E-state index >= 15 is 0 Å². The molecule has 1 aliphatic heterocycles. The van der Waals surface area contributed by atoms with Crippen LogP contribution in [0, 0.1) is 6.92 Å². The Morgan fingerprint density at radius 3 is 2.35 bits per heavy atom. The highest BCUT2D eigenvalue weighted by molar-refractivity contribution is 6.04. The molecule has 1 saturated heterocycles. The van der Waals surface area contributed by atoms with Crippen LogP contribution in [-0.4, -0.2) is 65.0 Å². The van der Waals surface area contributed by atoms with E-state index in [0.717, 1.165) is 5.56 Å². The number of amides is 4. The zero-order chi connectivity index (χ0) is 32.5. The van der Waals surface area contributed by atoms with E-state index in [1.165, 1.54) is 0 Å². The molecule has 0 aliphatic carbocycles. The van der Waals surface area contributed by atoms with Crippen molar-refractivity contribution in [3.05, 3.63) is 120 Å². The summed E-state index contributed by atoms with van der Waals surface area (Å²) in [4.78, 5) is 59.3. The Balaban J connectivity index is 1.39. The van der Waals surface area contributed by atoms with E-state index in [1.54, 1.807) is 71.9 Å². The highest BCUT2D eigenvalue weighted by atomic mass is 16.4. The van der Waals surface area contributed by atoms with Gasteiger partial charge in [0.2, 0.25) is 0 Å². The van der Waals surface area contributed by atoms with E-state index in [2.05, 4.69) is 25.8 Å². The number of carboxylic acids is 1. The lowest BCUT2D eigenvalue weighted by Crippen LogP contribution is -2.35. The fourth-order valence-electron chi connectivity index (χ4n) is 5.36. The molecule has 11 heteroatoms. The molecule has 11 nitrogen and oxygen atoms in total. The molecule has 1 aliphatic rings. The summed E-state index contributed by atoms with van der Waals surface area (Å²) in [7, 11) is 0. The molecule has 3 aromatic carbocycles. The fourth-order valence-corrected chi connectivity index (χ4v) is 5.36. The number of anilines is 3. The van der Waals surface area contributed by atoms with Gasteiger partial charge in [0, 0.05) is 49.8 Å². The number of nitrogens with one attached hydrogen (secondary N) is 3. The van der Waals surface area contributed by atoms with Gasteiger partial charge in [0.15, 0.2) is 0 Å². The molecule has 0 saturated carbocycles. The first-order valence-electron chi connectivity index (χ1n) is 15.1. The maximum atomic E-state index is 13.5. The van der Waals surface area contributed by atoms with E-state index in [4.69, 9.17) is 0 Å². The number of carbonyl (C=O) groups excluding carboxylic acids is 3. The topological polar surface area (TPSA) is 144 Å². The second kappa shape index (κ2) is 14.8. The van der Waals surface area contributed by atoms with E-state index in [0.29, 0.717) is 60.8 Å². The molecule has 0 bridgehead atoms. The number of para-hydroxylation sites is 1. The molecule has 4 N–H and O–H groups in total. The number of aromatic nitrogens is 1.